The molecule has 0 saturated heterocycles. The van der Waals surface area contributed by atoms with Gasteiger partial charge < -0.3 is 24.6 Å². The Kier molecular flexibility index (Phi) is 5.75. The molecule has 2 N–H and O–H groups in total. The standard InChI is InChI=1S/C25H29NO5/c1-14-20(24(25(29)30)26(3)23(14)19(12-27)15(2)28)13-31-21-10-6-8-17-11-16-7-4-5-9-18(16)22(17)21/h4-10,12,14-16,18-19,23,28H,11,13H2,1-3H3,(H,29,30)/t14-,15+,16?,18?,19+,23+/m0/s1. The van der Waals surface area contributed by atoms with E-state index in [4.69, 9.17) is 4.74 Å². The lowest BCUT2D eigenvalue weighted by atomic mass is 9.85. The van der Waals surface area contributed by atoms with Crippen molar-refractivity contribution in [3.63, 3.8) is 0 Å². The van der Waals surface area contributed by atoms with Crippen LogP contribution in [0.2, 0.25) is 0 Å². The molecule has 4 rings (SSSR count). The molecule has 0 fully saturated rings. The van der Waals surface area contributed by atoms with Crippen LogP contribution in [0.15, 0.2) is 53.8 Å². The fourth-order valence-corrected chi connectivity index (χ4v) is 5.53. The van der Waals surface area contributed by atoms with Gasteiger partial charge in [-0.2, -0.15) is 0 Å². The maximum atomic E-state index is 12.1. The van der Waals surface area contributed by atoms with Crippen LogP contribution < -0.4 is 4.74 Å². The molecule has 1 heterocycles. The van der Waals surface area contributed by atoms with Gasteiger partial charge in [-0.05, 0) is 30.9 Å². The summed E-state index contributed by atoms with van der Waals surface area (Å²) in [6.07, 6.45) is 9.39. The monoisotopic (exact) mass is 423 g/mol. The molecule has 1 aliphatic heterocycles. The van der Waals surface area contributed by atoms with E-state index in [-0.39, 0.29) is 24.1 Å². The van der Waals surface area contributed by atoms with Gasteiger partial charge in [0.25, 0.3) is 0 Å². The van der Waals surface area contributed by atoms with Crippen LogP contribution >= 0.6 is 0 Å². The van der Waals surface area contributed by atoms with E-state index in [1.165, 1.54) is 11.1 Å². The van der Waals surface area contributed by atoms with Gasteiger partial charge in [0.15, 0.2) is 0 Å². The number of aldehydes is 1. The first-order valence-corrected chi connectivity index (χ1v) is 10.8. The van der Waals surface area contributed by atoms with Crippen molar-refractivity contribution in [2.45, 2.75) is 38.3 Å². The van der Waals surface area contributed by atoms with Crippen molar-refractivity contribution in [3.05, 3.63) is 64.9 Å². The molecule has 6 atom stereocenters. The maximum absolute atomic E-state index is 12.1. The highest BCUT2D eigenvalue weighted by Crippen LogP contribution is 2.46. The summed E-state index contributed by atoms with van der Waals surface area (Å²) in [5.74, 6) is -0.503. The molecular formula is C25H29NO5. The summed E-state index contributed by atoms with van der Waals surface area (Å²) in [6.45, 7) is 3.58. The average molecular weight is 424 g/mol. The van der Waals surface area contributed by atoms with Crippen LogP contribution in [0.1, 0.15) is 30.9 Å². The highest BCUT2D eigenvalue weighted by atomic mass is 16.5. The van der Waals surface area contributed by atoms with Gasteiger partial charge in [0, 0.05) is 36.1 Å². The number of ether oxygens (including phenoxy) is 1. The Labute approximate surface area is 182 Å². The Morgan fingerprint density at radius 3 is 2.74 bits per heavy atom. The summed E-state index contributed by atoms with van der Waals surface area (Å²) in [6, 6.07) is 5.62. The maximum Gasteiger partial charge on any atom is 0.352 e. The number of aliphatic hydroxyl groups is 1. The molecule has 0 bridgehead atoms. The van der Waals surface area contributed by atoms with Crippen molar-refractivity contribution in [3.8, 4) is 5.75 Å². The quantitative estimate of drug-likeness (QED) is 0.656. The van der Waals surface area contributed by atoms with Crippen LogP contribution in [0.5, 0.6) is 5.75 Å². The Morgan fingerprint density at radius 1 is 1.32 bits per heavy atom. The predicted molar refractivity (Wildman–Crippen MR) is 117 cm³/mol. The number of carboxylic acid groups (broad SMARTS) is 1. The minimum atomic E-state index is -1.05. The van der Waals surface area contributed by atoms with E-state index in [1.807, 2.05) is 19.1 Å². The zero-order valence-corrected chi connectivity index (χ0v) is 18.1. The highest BCUT2D eigenvalue weighted by molar-refractivity contribution is 5.88. The number of carboxylic acids is 1. The van der Waals surface area contributed by atoms with Crippen LogP contribution in [0, 0.1) is 17.8 Å². The van der Waals surface area contributed by atoms with E-state index in [9.17, 15) is 19.8 Å². The number of nitrogens with zero attached hydrogens (tertiary/aromatic N) is 1. The van der Waals surface area contributed by atoms with Crippen molar-refractivity contribution < 1.29 is 24.5 Å². The molecule has 1 aromatic rings. The zero-order chi connectivity index (χ0) is 22.3. The second-order valence-corrected chi connectivity index (χ2v) is 8.80. The van der Waals surface area contributed by atoms with Gasteiger partial charge in [0.2, 0.25) is 0 Å². The van der Waals surface area contributed by atoms with E-state index in [0.29, 0.717) is 11.5 Å². The first-order valence-electron chi connectivity index (χ1n) is 10.8. The molecule has 6 heteroatoms. The number of aliphatic hydroxyl groups excluding tert-OH is 1. The molecule has 31 heavy (non-hydrogen) atoms. The molecule has 0 spiro atoms. The number of carbonyl (C=O) groups is 2. The number of likely N-dealkylation sites (N-methyl/N-ethyl adjacent to an activating group) is 1. The lowest BCUT2D eigenvalue weighted by Gasteiger charge is -2.32. The van der Waals surface area contributed by atoms with Crippen LogP contribution in [0.3, 0.4) is 0 Å². The van der Waals surface area contributed by atoms with Crippen LogP contribution in [-0.4, -0.2) is 53.2 Å². The Balaban J connectivity index is 1.62. The lowest BCUT2D eigenvalue weighted by molar-refractivity contribution is -0.135. The Bertz CT molecular complexity index is 976. The number of carbonyl (C=O) groups excluding carboxylic acids is 1. The zero-order valence-electron chi connectivity index (χ0n) is 18.1. The topological polar surface area (TPSA) is 87.1 Å². The first-order chi connectivity index (χ1) is 14.8. The summed E-state index contributed by atoms with van der Waals surface area (Å²) in [5, 5.41) is 19.9. The summed E-state index contributed by atoms with van der Waals surface area (Å²) in [5.41, 5.74) is 3.23. The van der Waals surface area contributed by atoms with Crippen molar-refractivity contribution >= 4 is 12.3 Å². The third-order valence-corrected chi connectivity index (χ3v) is 7.05. The van der Waals surface area contributed by atoms with Gasteiger partial charge in [-0.1, -0.05) is 43.4 Å². The molecule has 0 aromatic heterocycles. The minimum Gasteiger partial charge on any atom is -0.489 e. The SMILES string of the molecule is C[C@@H](O)[C@@H](C=O)[C@H]1[C@@H](C)C(COc2cccc3c2C2C=CC=CC2C3)=C(C(=O)O)N1C. The molecule has 164 valence electrons. The molecule has 0 saturated carbocycles. The van der Waals surface area contributed by atoms with Crippen molar-refractivity contribution in [2.24, 2.45) is 17.8 Å². The number of hydrogen-bond donors (Lipinski definition) is 2. The number of hydrogen-bond acceptors (Lipinski definition) is 5. The van der Waals surface area contributed by atoms with Crippen molar-refractivity contribution in [1.29, 1.82) is 0 Å². The normalized spacial score (nSPS) is 28.3. The first kappa shape index (κ1) is 21.4. The summed E-state index contributed by atoms with van der Waals surface area (Å²) < 4.78 is 6.25. The van der Waals surface area contributed by atoms with Crippen molar-refractivity contribution in [1.82, 2.24) is 4.90 Å². The van der Waals surface area contributed by atoms with Gasteiger partial charge in [-0.25, -0.2) is 4.79 Å². The second-order valence-electron chi connectivity index (χ2n) is 8.80. The number of allylic oxidation sites excluding steroid dienone is 4. The van der Waals surface area contributed by atoms with Crippen LogP contribution in [-0.2, 0) is 16.0 Å². The van der Waals surface area contributed by atoms with Gasteiger partial charge >= 0.3 is 5.97 Å². The number of benzene rings is 1. The van der Waals surface area contributed by atoms with Crippen molar-refractivity contribution in [2.75, 3.05) is 13.7 Å². The molecule has 6 nitrogen and oxygen atoms in total. The Morgan fingerprint density at radius 2 is 2.06 bits per heavy atom. The molecule has 2 aliphatic carbocycles. The Hall–Kier alpha value is -2.86. The van der Waals surface area contributed by atoms with E-state index in [1.54, 1.807) is 18.9 Å². The summed E-state index contributed by atoms with van der Waals surface area (Å²) >= 11 is 0. The average Bonchev–Trinajstić information content (AvgIpc) is 3.23. The second kappa shape index (κ2) is 8.35. The van der Waals surface area contributed by atoms with Gasteiger partial charge in [-0.3, -0.25) is 0 Å². The van der Waals surface area contributed by atoms with E-state index in [0.717, 1.165) is 18.5 Å². The minimum absolute atomic E-state index is 0.127. The van der Waals surface area contributed by atoms with E-state index in [2.05, 4.69) is 30.4 Å². The smallest absolute Gasteiger partial charge is 0.352 e. The van der Waals surface area contributed by atoms with Crippen LogP contribution in [0.4, 0.5) is 0 Å². The molecule has 0 radical (unpaired) electrons. The third kappa shape index (κ3) is 3.59. The summed E-state index contributed by atoms with van der Waals surface area (Å²) in [7, 11) is 1.67. The number of rotatable bonds is 7. The number of aliphatic carboxylic acids is 1. The molecule has 2 unspecified atom stereocenters. The molecular weight excluding hydrogens is 394 g/mol. The largest absolute Gasteiger partial charge is 0.489 e. The molecule has 3 aliphatic rings. The predicted octanol–water partition coefficient (Wildman–Crippen LogP) is 2.93. The van der Waals surface area contributed by atoms with Gasteiger partial charge in [0.05, 0.1) is 12.0 Å². The molecule has 1 aromatic carbocycles. The highest BCUT2D eigenvalue weighted by Gasteiger charge is 2.44. The molecule has 0 amide bonds. The van der Waals surface area contributed by atoms with Crippen LogP contribution in [0.25, 0.3) is 0 Å². The summed E-state index contributed by atoms with van der Waals surface area (Å²) in [4.78, 5) is 25.3. The van der Waals surface area contributed by atoms with E-state index < -0.39 is 24.0 Å². The van der Waals surface area contributed by atoms with Gasteiger partial charge in [-0.15, -0.1) is 0 Å². The fourth-order valence-electron chi connectivity index (χ4n) is 5.53. The third-order valence-electron chi connectivity index (χ3n) is 7.05. The number of fused-ring (bicyclic) bond motifs is 3. The van der Waals surface area contributed by atoms with E-state index >= 15 is 0 Å². The van der Waals surface area contributed by atoms with Gasteiger partial charge in [0.1, 0.15) is 24.3 Å². The fraction of sp³-hybridized carbons (Fsp3) is 0.440. The lowest BCUT2D eigenvalue weighted by Crippen LogP contribution is -2.43.